The SMILES string of the molecule is CC(C(=O)N1C[C@@H](C(F)(F)F)[C@H](C(=O)OC(C)(C)C)C1)C1CC1. The van der Waals surface area contributed by atoms with Crippen LogP contribution in [0.15, 0.2) is 0 Å². The minimum absolute atomic E-state index is 0.213. The minimum Gasteiger partial charge on any atom is -0.460 e. The summed E-state index contributed by atoms with van der Waals surface area (Å²) < 4.78 is 44.9. The Kier molecular flexibility index (Phi) is 4.70. The average Bonchev–Trinajstić information content (AvgIpc) is 3.11. The monoisotopic (exact) mass is 335 g/mol. The first-order valence-electron chi connectivity index (χ1n) is 7.98. The second-order valence-electron chi connectivity index (χ2n) is 7.66. The van der Waals surface area contributed by atoms with Crippen LogP contribution in [0.1, 0.15) is 40.5 Å². The predicted octanol–water partition coefficient (Wildman–Crippen LogP) is 3.01. The van der Waals surface area contributed by atoms with Crippen molar-refractivity contribution in [3.05, 3.63) is 0 Å². The Balaban J connectivity index is 2.12. The standard InChI is InChI=1S/C16H24F3NO3/c1-9(10-5-6-10)13(21)20-7-11(12(8-20)16(17,18)19)14(22)23-15(2,3)4/h9-12H,5-8H2,1-4H3/t9?,11-,12-/m1/s1. The number of ether oxygens (including phenoxy) is 1. The summed E-state index contributed by atoms with van der Waals surface area (Å²) >= 11 is 0. The van der Waals surface area contributed by atoms with E-state index in [1.165, 1.54) is 4.90 Å². The fourth-order valence-corrected chi connectivity index (χ4v) is 3.02. The molecule has 2 rings (SSSR count). The van der Waals surface area contributed by atoms with E-state index in [1.54, 1.807) is 27.7 Å². The van der Waals surface area contributed by atoms with E-state index < -0.39 is 36.1 Å². The highest BCUT2D eigenvalue weighted by molar-refractivity contribution is 5.81. The van der Waals surface area contributed by atoms with Crippen LogP contribution in [0, 0.1) is 23.7 Å². The zero-order valence-corrected chi connectivity index (χ0v) is 13.9. The van der Waals surface area contributed by atoms with Gasteiger partial charge in [0, 0.05) is 19.0 Å². The molecule has 0 bridgehead atoms. The van der Waals surface area contributed by atoms with E-state index in [2.05, 4.69) is 0 Å². The number of esters is 1. The first kappa shape index (κ1) is 18.1. The smallest absolute Gasteiger partial charge is 0.394 e. The van der Waals surface area contributed by atoms with Gasteiger partial charge in [0.2, 0.25) is 5.91 Å². The number of nitrogens with zero attached hydrogens (tertiary/aromatic N) is 1. The van der Waals surface area contributed by atoms with Gasteiger partial charge in [0.25, 0.3) is 0 Å². The van der Waals surface area contributed by atoms with Crippen molar-refractivity contribution in [2.75, 3.05) is 13.1 Å². The third-order valence-corrected chi connectivity index (χ3v) is 4.48. The van der Waals surface area contributed by atoms with Gasteiger partial charge in [0.1, 0.15) is 5.60 Å². The maximum absolute atomic E-state index is 13.3. The molecule has 0 radical (unpaired) electrons. The van der Waals surface area contributed by atoms with Crippen molar-refractivity contribution in [1.29, 1.82) is 0 Å². The minimum atomic E-state index is -4.53. The topological polar surface area (TPSA) is 46.6 Å². The summed E-state index contributed by atoms with van der Waals surface area (Å²) in [6, 6.07) is 0. The van der Waals surface area contributed by atoms with Crippen LogP contribution in [0.25, 0.3) is 0 Å². The maximum Gasteiger partial charge on any atom is 0.394 e. The van der Waals surface area contributed by atoms with Crippen LogP contribution >= 0.6 is 0 Å². The molecule has 23 heavy (non-hydrogen) atoms. The molecule has 0 aromatic rings. The number of rotatable bonds is 3. The molecule has 0 N–H and O–H groups in total. The molecular weight excluding hydrogens is 311 g/mol. The summed E-state index contributed by atoms with van der Waals surface area (Å²) in [4.78, 5) is 25.7. The third-order valence-electron chi connectivity index (χ3n) is 4.48. The second-order valence-corrected chi connectivity index (χ2v) is 7.66. The summed E-state index contributed by atoms with van der Waals surface area (Å²) in [7, 11) is 0. The van der Waals surface area contributed by atoms with Crippen LogP contribution in [0.2, 0.25) is 0 Å². The number of likely N-dealkylation sites (tertiary alicyclic amines) is 1. The molecule has 0 aromatic carbocycles. The molecular formula is C16H24F3NO3. The van der Waals surface area contributed by atoms with Crippen molar-refractivity contribution in [3.8, 4) is 0 Å². The zero-order chi connectivity index (χ0) is 17.6. The van der Waals surface area contributed by atoms with Crippen molar-refractivity contribution in [2.45, 2.75) is 52.3 Å². The number of hydrogen-bond acceptors (Lipinski definition) is 3. The maximum atomic E-state index is 13.3. The summed E-state index contributed by atoms with van der Waals surface area (Å²) in [6.45, 7) is 5.92. The van der Waals surface area contributed by atoms with E-state index in [-0.39, 0.29) is 24.3 Å². The number of hydrogen-bond donors (Lipinski definition) is 0. The lowest BCUT2D eigenvalue weighted by Crippen LogP contribution is -2.37. The lowest BCUT2D eigenvalue weighted by Gasteiger charge is -2.25. The summed E-state index contributed by atoms with van der Waals surface area (Å²) in [5.74, 6) is -4.37. The highest BCUT2D eigenvalue weighted by Gasteiger charge is 2.55. The molecule has 7 heteroatoms. The molecule has 1 amide bonds. The molecule has 1 saturated heterocycles. The van der Waals surface area contributed by atoms with E-state index >= 15 is 0 Å². The summed E-state index contributed by atoms with van der Waals surface area (Å²) in [6.07, 6.45) is -2.64. The molecule has 2 fully saturated rings. The van der Waals surface area contributed by atoms with Crippen molar-refractivity contribution < 1.29 is 27.5 Å². The molecule has 2 aliphatic rings. The number of carbonyl (C=O) groups is 2. The van der Waals surface area contributed by atoms with E-state index in [4.69, 9.17) is 4.74 Å². The predicted molar refractivity (Wildman–Crippen MR) is 77.3 cm³/mol. The molecule has 1 unspecified atom stereocenters. The molecule has 1 saturated carbocycles. The summed E-state index contributed by atoms with van der Waals surface area (Å²) in [5.41, 5.74) is -0.855. The van der Waals surface area contributed by atoms with Crippen LogP contribution in [0.5, 0.6) is 0 Å². The Hall–Kier alpha value is -1.27. The van der Waals surface area contributed by atoms with Gasteiger partial charge in [-0.2, -0.15) is 13.2 Å². The number of halogens is 3. The van der Waals surface area contributed by atoms with Crippen LogP contribution in [0.3, 0.4) is 0 Å². The van der Waals surface area contributed by atoms with E-state index in [1.807, 2.05) is 0 Å². The largest absolute Gasteiger partial charge is 0.460 e. The average molecular weight is 335 g/mol. The van der Waals surface area contributed by atoms with Gasteiger partial charge >= 0.3 is 12.1 Å². The van der Waals surface area contributed by atoms with E-state index in [0.717, 1.165) is 12.8 Å². The fourth-order valence-electron chi connectivity index (χ4n) is 3.02. The zero-order valence-electron chi connectivity index (χ0n) is 13.9. The highest BCUT2D eigenvalue weighted by Crippen LogP contribution is 2.42. The van der Waals surface area contributed by atoms with Crippen LogP contribution in [0.4, 0.5) is 13.2 Å². The van der Waals surface area contributed by atoms with Crippen molar-refractivity contribution in [3.63, 3.8) is 0 Å². The van der Waals surface area contributed by atoms with Gasteiger partial charge < -0.3 is 9.64 Å². The Morgan fingerprint density at radius 2 is 1.70 bits per heavy atom. The van der Waals surface area contributed by atoms with E-state index in [0.29, 0.717) is 0 Å². The van der Waals surface area contributed by atoms with Crippen molar-refractivity contribution in [2.24, 2.45) is 23.7 Å². The van der Waals surface area contributed by atoms with Gasteiger partial charge in [-0.1, -0.05) is 6.92 Å². The molecule has 0 spiro atoms. The Labute approximate surface area is 134 Å². The van der Waals surface area contributed by atoms with Gasteiger partial charge in [0.15, 0.2) is 0 Å². The number of amides is 1. The number of carbonyl (C=O) groups excluding carboxylic acids is 2. The summed E-state index contributed by atoms with van der Waals surface area (Å²) in [5, 5.41) is 0. The quantitative estimate of drug-likeness (QED) is 0.745. The lowest BCUT2D eigenvalue weighted by atomic mass is 9.95. The Bertz CT molecular complexity index is 480. The van der Waals surface area contributed by atoms with Crippen molar-refractivity contribution >= 4 is 11.9 Å². The number of alkyl halides is 3. The fraction of sp³-hybridized carbons (Fsp3) is 0.875. The van der Waals surface area contributed by atoms with Gasteiger partial charge in [-0.05, 0) is 39.5 Å². The molecule has 1 aliphatic heterocycles. The first-order valence-corrected chi connectivity index (χ1v) is 7.98. The lowest BCUT2D eigenvalue weighted by molar-refractivity contribution is -0.194. The molecule has 132 valence electrons. The van der Waals surface area contributed by atoms with Crippen LogP contribution < -0.4 is 0 Å². The van der Waals surface area contributed by atoms with Gasteiger partial charge in [-0.15, -0.1) is 0 Å². The molecule has 4 nitrogen and oxygen atoms in total. The normalized spacial score (nSPS) is 27.0. The van der Waals surface area contributed by atoms with Crippen LogP contribution in [-0.2, 0) is 14.3 Å². The first-order chi connectivity index (χ1) is 10.4. The molecule has 1 aliphatic carbocycles. The van der Waals surface area contributed by atoms with Gasteiger partial charge in [-0.3, -0.25) is 9.59 Å². The van der Waals surface area contributed by atoms with Crippen LogP contribution in [-0.4, -0.2) is 41.6 Å². The third kappa shape index (κ3) is 4.38. The van der Waals surface area contributed by atoms with Crippen molar-refractivity contribution in [1.82, 2.24) is 4.90 Å². The Morgan fingerprint density at radius 3 is 2.13 bits per heavy atom. The second kappa shape index (κ2) is 5.98. The Morgan fingerprint density at radius 1 is 1.13 bits per heavy atom. The highest BCUT2D eigenvalue weighted by atomic mass is 19.4. The van der Waals surface area contributed by atoms with Gasteiger partial charge in [-0.25, -0.2) is 0 Å². The molecule has 0 aromatic heterocycles. The van der Waals surface area contributed by atoms with E-state index in [9.17, 15) is 22.8 Å². The molecule has 1 heterocycles. The van der Waals surface area contributed by atoms with Gasteiger partial charge in [0.05, 0.1) is 11.8 Å². The molecule has 3 atom stereocenters.